The van der Waals surface area contributed by atoms with Gasteiger partial charge in [-0.15, -0.1) is 0 Å². The van der Waals surface area contributed by atoms with E-state index in [0.29, 0.717) is 6.42 Å². The second kappa shape index (κ2) is 4.81. The van der Waals surface area contributed by atoms with Crippen LogP contribution in [0.25, 0.3) is 0 Å². The third-order valence-electron chi connectivity index (χ3n) is 2.55. The van der Waals surface area contributed by atoms with Gasteiger partial charge in [-0.05, 0) is 12.8 Å². The Morgan fingerprint density at radius 3 is 2.47 bits per heavy atom. The predicted octanol–water partition coefficient (Wildman–Crippen LogP) is 0.721. The van der Waals surface area contributed by atoms with Crippen LogP contribution in [0, 0.1) is 5.92 Å². The fourth-order valence-electron chi connectivity index (χ4n) is 1.67. The molecule has 1 unspecified atom stereocenters. The number of nitrogens with zero attached hydrogens (tertiary/aromatic N) is 1. The van der Waals surface area contributed by atoms with Crippen molar-refractivity contribution < 1.29 is 31.1 Å². The Morgan fingerprint density at radius 2 is 2.00 bits per heavy atom. The molecule has 1 rings (SSSR count). The number of sulfonamides is 1. The number of rotatable bonds is 2. The minimum absolute atomic E-state index is 0.203. The number of esters is 1. The number of piperidine rings is 1. The second-order valence-electron chi connectivity index (χ2n) is 3.67. The largest absolute Gasteiger partial charge is 0.511 e. The van der Waals surface area contributed by atoms with E-state index in [1.54, 1.807) is 0 Å². The van der Waals surface area contributed by atoms with Crippen molar-refractivity contribution in [2.45, 2.75) is 18.3 Å². The highest BCUT2D eigenvalue weighted by atomic mass is 32.2. The molecule has 9 heteroatoms. The lowest BCUT2D eigenvalue weighted by molar-refractivity contribution is -0.146. The standard InChI is InChI=1S/C8H12F3NO4S/c1-16-7(13)6-3-2-4-12(5-6)17(14,15)8(9,10)11/h6H,2-5H2,1H3. The lowest BCUT2D eigenvalue weighted by atomic mass is 10.0. The van der Waals surface area contributed by atoms with Crippen molar-refractivity contribution in [3.8, 4) is 0 Å². The van der Waals surface area contributed by atoms with Crippen molar-refractivity contribution in [3.63, 3.8) is 0 Å². The van der Waals surface area contributed by atoms with Crippen molar-refractivity contribution in [2.75, 3.05) is 20.2 Å². The van der Waals surface area contributed by atoms with Crippen molar-refractivity contribution in [1.82, 2.24) is 4.31 Å². The van der Waals surface area contributed by atoms with E-state index in [9.17, 15) is 26.4 Å². The Kier molecular flexibility index (Phi) is 4.03. The fraction of sp³-hybridized carbons (Fsp3) is 0.875. The van der Waals surface area contributed by atoms with Gasteiger partial charge in [0.15, 0.2) is 0 Å². The molecule has 0 radical (unpaired) electrons. The number of hydrogen-bond donors (Lipinski definition) is 0. The van der Waals surface area contributed by atoms with Gasteiger partial charge in [-0.3, -0.25) is 4.79 Å². The molecule has 0 bridgehead atoms. The van der Waals surface area contributed by atoms with Crippen molar-refractivity contribution in [2.24, 2.45) is 5.92 Å². The van der Waals surface area contributed by atoms with E-state index in [1.807, 2.05) is 0 Å². The van der Waals surface area contributed by atoms with Crippen LogP contribution in [-0.2, 0) is 19.6 Å². The van der Waals surface area contributed by atoms with Gasteiger partial charge in [-0.1, -0.05) is 0 Å². The molecule has 1 saturated heterocycles. The van der Waals surface area contributed by atoms with Crippen LogP contribution in [0.1, 0.15) is 12.8 Å². The Balaban J connectivity index is 2.84. The number of carbonyl (C=O) groups is 1. The molecule has 1 heterocycles. The smallest absolute Gasteiger partial charge is 0.469 e. The molecule has 0 aromatic carbocycles. The van der Waals surface area contributed by atoms with E-state index >= 15 is 0 Å². The van der Waals surface area contributed by atoms with Crippen LogP contribution in [0.15, 0.2) is 0 Å². The molecule has 0 aliphatic carbocycles. The first-order valence-electron chi connectivity index (χ1n) is 4.84. The summed E-state index contributed by atoms with van der Waals surface area (Å²) in [6.07, 6.45) is 0.533. The molecule has 0 amide bonds. The van der Waals surface area contributed by atoms with E-state index in [4.69, 9.17) is 0 Å². The Hall–Kier alpha value is -0.830. The van der Waals surface area contributed by atoms with Crippen molar-refractivity contribution in [1.29, 1.82) is 0 Å². The summed E-state index contributed by atoms with van der Waals surface area (Å²) in [6, 6.07) is 0. The molecule has 1 aliphatic rings. The lowest BCUT2D eigenvalue weighted by Gasteiger charge is -2.30. The van der Waals surface area contributed by atoms with Crippen LogP contribution in [0.5, 0.6) is 0 Å². The minimum atomic E-state index is -5.35. The molecule has 0 aromatic heterocycles. The molecule has 0 N–H and O–H groups in total. The third kappa shape index (κ3) is 2.89. The molecule has 1 atom stereocenters. The van der Waals surface area contributed by atoms with Gasteiger partial charge in [-0.2, -0.15) is 17.5 Å². The van der Waals surface area contributed by atoms with E-state index in [1.165, 1.54) is 0 Å². The van der Waals surface area contributed by atoms with Gasteiger partial charge < -0.3 is 4.74 Å². The van der Waals surface area contributed by atoms with Gasteiger partial charge in [0.1, 0.15) is 0 Å². The molecule has 0 aromatic rings. The topological polar surface area (TPSA) is 63.7 Å². The highest BCUT2D eigenvalue weighted by molar-refractivity contribution is 7.90. The molecular formula is C8H12F3NO4S. The highest BCUT2D eigenvalue weighted by Gasteiger charge is 2.51. The first-order valence-corrected chi connectivity index (χ1v) is 6.28. The summed E-state index contributed by atoms with van der Waals surface area (Å²) in [6.45, 7) is -0.705. The summed E-state index contributed by atoms with van der Waals surface area (Å²) < 4.78 is 63.8. The van der Waals surface area contributed by atoms with Crippen molar-refractivity contribution in [3.05, 3.63) is 0 Å². The number of ether oxygens (including phenoxy) is 1. The zero-order valence-corrected chi connectivity index (χ0v) is 9.84. The average Bonchev–Trinajstić information content (AvgIpc) is 2.26. The van der Waals surface area contributed by atoms with Gasteiger partial charge in [0.2, 0.25) is 0 Å². The Labute approximate surface area is 96.6 Å². The van der Waals surface area contributed by atoms with Crippen molar-refractivity contribution >= 4 is 16.0 Å². The highest BCUT2D eigenvalue weighted by Crippen LogP contribution is 2.30. The third-order valence-corrected chi connectivity index (χ3v) is 4.15. The zero-order valence-electron chi connectivity index (χ0n) is 9.03. The van der Waals surface area contributed by atoms with Gasteiger partial charge in [0.25, 0.3) is 0 Å². The normalized spacial score (nSPS) is 23.4. The van der Waals surface area contributed by atoms with Gasteiger partial charge in [-0.25, -0.2) is 8.42 Å². The monoisotopic (exact) mass is 275 g/mol. The van der Waals surface area contributed by atoms with Crippen LogP contribution in [-0.4, -0.2) is 44.4 Å². The van der Waals surface area contributed by atoms with E-state index in [2.05, 4.69) is 4.74 Å². The molecule has 5 nitrogen and oxygen atoms in total. The maximum atomic E-state index is 12.3. The maximum absolute atomic E-state index is 12.3. The molecular weight excluding hydrogens is 263 g/mol. The number of carbonyl (C=O) groups excluding carboxylic acids is 1. The summed E-state index contributed by atoms with van der Waals surface area (Å²) >= 11 is 0. The summed E-state index contributed by atoms with van der Waals surface area (Å²) in [5.74, 6) is -1.52. The first kappa shape index (κ1) is 14.2. The number of alkyl halides is 3. The molecule has 0 spiro atoms. The Bertz CT molecular complexity index is 392. The van der Waals surface area contributed by atoms with Crippen LogP contribution in [0.3, 0.4) is 0 Å². The SMILES string of the molecule is COC(=O)C1CCCN(S(=O)(=O)C(F)(F)F)C1. The quantitative estimate of drug-likeness (QED) is 0.697. The van der Waals surface area contributed by atoms with E-state index in [0.717, 1.165) is 7.11 Å². The first-order chi connectivity index (χ1) is 7.70. The molecule has 0 saturated carbocycles. The summed E-state index contributed by atoms with van der Waals surface area (Å²) in [4.78, 5) is 11.2. The molecule has 1 aliphatic heterocycles. The van der Waals surface area contributed by atoms with Gasteiger partial charge >= 0.3 is 21.5 Å². The van der Waals surface area contributed by atoms with E-state index < -0.39 is 34.0 Å². The van der Waals surface area contributed by atoms with E-state index in [-0.39, 0.29) is 17.3 Å². The lowest BCUT2D eigenvalue weighted by Crippen LogP contribution is -2.47. The Morgan fingerprint density at radius 1 is 1.41 bits per heavy atom. The summed E-state index contributed by atoms with van der Waals surface area (Å²) in [5.41, 5.74) is -5.33. The van der Waals surface area contributed by atoms with Crippen LogP contribution in [0.4, 0.5) is 13.2 Å². The molecule has 17 heavy (non-hydrogen) atoms. The number of methoxy groups -OCH3 is 1. The summed E-state index contributed by atoms with van der Waals surface area (Å²) in [7, 11) is -4.24. The second-order valence-corrected chi connectivity index (χ2v) is 5.60. The average molecular weight is 275 g/mol. The number of halogens is 3. The molecule has 1 fully saturated rings. The fourth-order valence-corrected chi connectivity index (χ4v) is 2.70. The minimum Gasteiger partial charge on any atom is -0.469 e. The van der Waals surface area contributed by atoms with Crippen LogP contribution < -0.4 is 0 Å². The predicted molar refractivity (Wildman–Crippen MR) is 51.3 cm³/mol. The number of hydrogen-bond acceptors (Lipinski definition) is 4. The summed E-state index contributed by atoms with van der Waals surface area (Å²) in [5, 5.41) is 0. The zero-order chi connectivity index (χ0) is 13.3. The maximum Gasteiger partial charge on any atom is 0.511 e. The van der Waals surface area contributed by atoms with Gasteiger partial charge in [0.05, 0.1) is 13.0 Å². The van der Waals surface area contributed by atoms with Gasteiger partial charge in [0, 0.05) is 13.1 Å². The molecule has 100 valence electrons. The van der Waals surface area contributed by atoms with Crippen LogP contribution in [0.2, 0.25) is 0 Å². The van der Waals surface area contributed by atoms with Crippen LogP contribution >= 0.6 is 0 Å².